The number of nitrogens with zero attached hydrogens (tertiary/aromatic N) is 1. The van der Waals surface area contributed by atoms with E-state index in [0.29, 0.717) is 0 Å². The second-order valence-corrected chi connectivity index (χ2v) is 4.94. The molecule has 0 unspecified atom stereocenters. The predicted octanol–water partition coefficient (Wildman–Crippen LogP) is 3.33. The molecule has 0 aliphatic rings. The van der Waals surface area contributed by atoms with Crippen LogP contribution in [0.3, 0.4) is 0 Å². The van der Waals surface area contributed by atoms with Crippen molar-refractivity contribution in [1.82, 2.24) is 4.90 Å². The fraction of sp³-hybridized carbons (Fsp3) is 1.00. The summed E-state index contributed by atoms with van der Waals surface area (Å²) in [7, 11) is 2.17. The van der Waals surface area contributed by atoms with Gasteiger partial charge >= 0.3 is 0 Å². The Bertz CT molecular complexity index is 153. The molecule has 0 spiro atoms. The van der Waals surface area contributed by atoms with Crippen molar-refractivity contribution in [3.63, 3.8) is 0 Å². The van der Waals surface area contributed by atoms with Crippen molar-refractivity contribution in [2.24, 2.45) is 0 Å². The highest BCUT2D eigenvalue weighted by Crippen LogP contribution is 1.99. The molecule has 18 heavy (non-hydrogen) atoms. The van der Waals surface area contributed by atoms with Crippen LogP contribution >= 0.6 is 0 Å². The van der Waals surface area contributed by atoms with Gasteiger partial charge in [0.1, 0.15) is 0 Å². The number of hydrogen-bond donors (Lipinski definition) is 0. The first-order valence-corrected chi connectivity index (χ1v) is 7.65. The van der Waals surface area contributed by atoms with Crippen molar-refractivity contribution in [3.8, 4) is 0 Å². The molecule has 3 heteroatoms. The third-order valence-corrected chi connectivity index (χ3v) is 3.02. The van der Waals surface area contributed by atoms with Crippen LogP contribution in [0.15, 0.2) is 0 Å². The van der Waals surface area contributed by atoms with E-state index in [9.17, 15) is 0 Å². The maximum absolute atomic E-state index is 5.55. The van der Waals surface area contributed by atoms with Crippen LogP contribution in [0, 0.1) is 0 Å². The van der Waals surface area contributed by atoms with Gasteiger partial charge in [0.25, 0.3) is 0 Å². The van der Waals surface area contributed by atoms with Crippen LogP contribution in [0.1, 0.15) is 52.4 Å². The maximum atomic E-state index is 5.55. The fourth-order valence-electron chi connectivity index (χ4n) is 1.71. The Labute approximate surface area is 114 Å². The van der Waals surface area contributed by atoms with Crippen LogP contribution in [0.25, 0.3) is 0 Å². The maximum Gasteiger partial charge on any atom is 0.0701 e. The Hall–Kier alpha value is -0.120. The highest BCUT2D eigenvalue weighted by atomic mass is 16.5. The van der Waals surface area contributed by atoms with E-state index in [0.717, 1.165) is 39.4 Å². The lowest BCUT2D eigenvalue weighted by molar-refractivity contribution is 0.0399. The molecule has 0 aliphatic carbocycles. The fourth-order valence-corrected chi connectivity index (χ4v) is 1.71. The summed E-state index contributed by atoms with van der Waals surface area (Å²) < 4.78 is 11.0. The Morgan fingerprint density at radius 2 is 1.33 bits per heavy atom. The van der Waals surface area contributed by atoms with Crippen molar-refractivity contribution in [3.05, 3.63) is 0 Å². The zero-order valence-electron chi connectivity index (χ0n) is 12.7. The molecular weight excluding hydrogens is 226 g/mol. The van der Waals surface area contributed by atoms with Crippen LogP contribution < -0.4 is 0 Å². The van der Waals surface area contributed by atoms with Crippen LogP contribution in [0.2, 0.25) is 0 Å². The Morgan fingerprint density at radius 3 is 2.00 bits per heavy atom. The highest BCUT2D eigenvalue weighted by Gasteiger charge is 1.98. The lowest BCUT2D eigenvalue weighted by Crippen LogP contribution is -2.24. The minimum Gasteiger partial charge on any atom is -0.379 e. The smallest absolute Gasteiger partial charge is 0.0701 e. The zero-order valence-corrected chi connectivity index (χ0v) is 12.7. The normalized spacial score (nSPS) is 11.3. The predicted molar refractivity (Wildman–Crippen MR) is 78.2 cm³/mol. The number of ether oxygens (including phenoxy) is 2. The molecule has 0 fully saturated rings. The van der Waals surface area contributed by atoms with E-state index in [2.05, 4.69) is 25.8 Å². The molecule has 0 saturated heterocycles. The van der Waals surface area contributed by atoms with Crippen molar-refractivity contribution >= 4 is 0 Å². The molecule has 3 nitrogen and oxygen atoms in total. The van der Waals surface area contributed by atoms with Gasteiger partial charge < -0.3 is 14.4 Å². The minimum atomic E-state index is 0.730. The van der Waals surface area contributed by atoms with Crippen LogP contribution in [0.4, 0.5) is 0 Å². The summed E-state index contributed by atoms with van der Waals surface area (Å²) in [5, 5.41) is 0. The number of rotatable bonds is 14. The zero-order chi connectivity index (χ0) is 13.5. The first-order chi connectivity index (χ1) is 8.81. The summed E-state index contributed by atoms with van der Waals surface area (Å²) in [5.41, 5.74) is 0. The van der Waals surface area contributed by atoms with Gasteiger partial charge in [-0.05, 0) is 26.4 Å². The van der Waals surface area contributed by atoms with Gasteiger partial charge in [0, 0.05) is 13.2 Å². The van der Waals surface area contributed by atoms with Crippen molar-refractivity contribution in [2.45, 2.75) is 52.4 Å². The van der Waals surface area contributed by atoms with Crippen LogP contribution in [-0.2, 0) is 9.47 Å². The molecule has 0 radical (unpaired) electrons. The molecule has 0 atom stereocenters. The molecule has 0 aromatic carbocycles. The second kappa shape index (κ2) is 14.9. The Kier molecular flexibility index (Phi) is 14.8. The van der Waals surface area contributed by atoms with Crippen LogP contribution in [0.5, 0.6) is 0 Å². The Morgan fingerprint density at radius 1 is 0.667 bits per heavy atom. The molecule has 0 amide bonds. The van der Waals surface area contributed by atoms with E-state index in [-0.39, 0.29) is 0 Å². The summed E-state index contributed by atoms with van der Waals surface area (Å²) in [6.45, 7) is 9.81. The van der Waals surface area contributed by atoms with Crippen LogP contribution in [-0.4, -0.2) is 51.5 Å². The molecule has 110 valence electrons. The number of hydrogen-bond acceptors (Lipinski definition) is 3. The molecular formula is C15H33NO2. The molecule has 0 rings (SSSR count). The van der Waals surface area contributed by atoms with Gasteiger partial charge in [0.15, 0.2) is 0 Å². The van der Waals surface area contributed by atoms with Crippen molar-refractivity contribution in [2.75, 3.05) is 46.6 Å². The molecule has 0 heterocycles. The topological polar surface area (TPSA) is 21.7 Å². The third kappa shape index (κ3) is 13.9. The van der Waals surface area contributed by atoms with Gasteiger partial charge in [-0.15, -0.1) is 0 Å². The highest BCUT2D eigenvalue weighted by molar-refractivity contribution is 4.51. The van der Waals surface area contributed by atoms with Gasteiger partial charge in [-0.3, -0.25) is 0 Å². The molecule has 0 bridgehead atoms. The van der Waals surface area contributed by atoms with E-state index in [1.54, 1.807) is 0 Å². The molecule has 0 saturated carbocycles. The van der Waals surface area contributed by atoms with E-state index < -0.39 is 0 Å². The van der Waals surface area contributed by atoms with Gasteiger partial charge in [-0.2, -0.15) is 0 Å². The van der Waals surface area contributed by atoms with Gasteiger partial charge in [-0.25, -0.2) is 0 Å². The van der Waals surface area contributed by atoms with E-state index in [4.69, 9.17) is 9.47 Å². The summed E-state index contributed by atoms with van der Waals surface area (Å²) in [6, 6.07) is 0. The standard InChI is InChI=1S/C15H33NO2/c1-4-6-8-9-10-16(3)11-13-18-15-14-17-12-7-5-2/h4-15H2,1-3H3. The monoisotopic (exact) mass is 259 g/mol. The second-order valence-electron chi connectivity index (χ2n) is 4.94. The average Bonchev–Trinajstić information content (AvgIpc) is 2.38. The summed E-state index contributed by atoms with van der Waals surface area (Å²) in [4.78, 5) is 2.35. The Balaban J connectivity index is 3.08. The van der Waals surface area contributed by atoms with E-state index in [1.165, 1.54) is 38.6 Å². The average molecular weight is 259 g/mol. The molecule has 0 N–H and O–H groups in total. The van der Waals surface area contributed by atoms with E-state index >= 15 is 0 Å². The number of unbranched alkanes of at least 4 members (excludes halogenated alkanes) is 4. The SMILES string of the molecule is CCCCCCN(C)CCOCCOCCCC. The summed E-state index contributed by atoms with van der Waals surface area (Å²) >= 11 is 0. The number of likely N-dealkylation sites (N-methyl/N-ethyl adjacent to an activating group) is 1. The third-order valence-electron chi connectivity index (χ3n) is 3.02. The lowest BCUT2D eigenvalue weighted by Gasteiger charge is -2.16. The largest absolute Gasteiger partial charge is 0.379 e. The minimum absolute atomic E-state index is 0.730. The molecule has 0 aromatic rings. The van der Waals surface area contributed by atoms with Crippen molar-refractivity contribution in [1.29, 1.82) is 0 Å². The van der Waals surface area contributed by atoms with E-state index in [1.807, 2.05) is 0 Å². The van der Waals surface area contributed by atoms with Gasteiger partial charge in [0.2, 0.25) is 0 Å². The lowest BCUT2D eigenvalue weighted by atomic mass is 10.2. The van der Waals surface area contributed by atoms with Gasteiger partial charge in [-0.1, -0.05) is 39.5 Å². The summed E-state index contributed by atoms with van der Waals surface area (Å²) in [6.07, 6.45) is 7.69. The first kappa shape index (κ1) is 17.9. The van der Waals surface area contributed by atoms with Crippen molar-refractivity contribution < 1.29 is 9.47 Å². The summed E-state index contributed by atoms with van der Waals surface area (Å²) in [5.74, 6) is 0. The quantitative estimate of drug-likeness (QED) is 0.447. The first-order valence-electron chi connectivity index (χ1n) is 7.65. The van der Waals surface area contributed by atoms with Gasteiger partial charge in [0.05, 0.1) is 19.8 Å². The molecule has 0 aliphatic heterocycles. The molecule has 0 aromatic heterocycles.